The lowest BCUT2D eigenvalue weighted by atomic mass is 10.0. The zero-order valence-electron chi connectivity index (χ0n) is 16.5. The highest BCUT2D eigenvalue weighted by molar-refractivity contribution is 7.93. The fraction of sp³-hybridized carbons (Fsp3) is 0.409. The SMILES string of the molecule is Cc1cccc(N(C)C(=O)C2(S(=O)(=O)c3cc(C)ccc3C)CCCC2)c1. The second kappa shape index (κ2) is 7.12. The molecule has 5 heteroatoms. The van der Waals surface area contributed by atoms with Gasteiger partial charge in [0.05, 0.1) is 4.90 Å². The third kappa shape index (κ3) is 3.29. The van der Waals surface area contributed by atoms with E-state index in [-0.39, 0.29) is 10.8 Å². The van der Waals surface area contributed by atoms with Crippen LogP contribution in [0.15, 0.2) is 47.4 Å². The first kappa shape index (κ1) is 19.6. The minimum atomic E-state index is -3.81. The lowest BCUT2D eigenvalue weighted by Crippen LogP contribution is -2.51. The number of carbonyl (C=O) groups excluding carboxylic acids is 1. The van der Waals surface area contributed by atoms with Crippen LogP contribution in [-0.4, -0.2) is 26.1 Å². The van der Waals surface area contributed by atoms with E-state index in [0.29, 0.717) is 18.4 Å². The predicted molar refractivity (Wildman–Crippen MR) is 109 cm³/mol. The largest absolute Gasteiger partial charge is 0.314 e. The molecule has 0 spiro atoms. The highest BCUT2D eigenvalue weighted by Gasteiger charge is 2.54. The van der Waals surface area contributed by atoms with E-state index >= 15 is 0 Å². The van der Waals surface area contributed by atoms with E-state index in [1.165, 1.54) is 4.90 Å². The molecule has 0 unspecified atom stereocenters. The van der Waals surface area contributed by atoms with Crippen molar-refractivity contribution in [3.63, 3.8) is 0 Å². The molecule has 0 N–H and O–H groups in total. The van der Waals surface area contributed by atoms with Gasteiger partial charge in [-0.15, -0.1) is 0 Å². The Hall–Kier alpha value is -2.14. The first-order valence-electron chi connectivity index (χ1n) is 9.36. The van der Waals surface area contributed by atoms with E-state index in [4.69, 9.17) is 0 Å². The summed E-state index contributed by atoms with van der Waals surface area (Å²) in [7, 11) is -2.13. The molecule has 0 radical (unpaired) electrons. The van der Waals surface area contributed by atoms with Gasteiger partial charge in [-0.1, -0.05) is 37.1 Å². The minimum Gasteiger partial charge on any atom is -0.314 e. The van der Waals surface area contributed by atoms with Crippen LogP contribution < -0.4 is 4.90 Å². The minimum absolute atomic E-state index is 0.287. The summed E-state index contributed by atoms with van der Waals surface area (Å²) in [6, 6.07) is 13.0. The molecule has 0 atom stereocenters. The number of rotatable bonds is 4. The van der Waals surface area contributed by atoms with Gasteiger partial charge in [0.15, 0.2) is 14.6 Å². The molecule has 0 saturated heterocycles. The average Bonchev–Trinajstić information content (AvgIpc) is 3.14. The normalized spacial score (nSPS) is 16.3. The Morgan fingerprint density at radius 1 is 0.963 bits per heavy atom. The Morgan fingerprint density at radius 3 is 2.22 bits per heavy atom. The third-order valence-electron chi connectivity index (χ3n) is 5.64. The third-order valence-corrected chi connectivity index (χ3v) is 8.27. The molecule has 1 fully saturated rings. The van der Waals surface area contributed by atoms with Crippen LogP contribution in [0.4, 0.5) is 5.69 Å². The molecule has 4 nitrogen and oxygen atoms in total. The topological polar surface area (TPSA) is 54.5 Å². The van der Waals surface area contributed by atoms with Crippen molar-refractivity contribution in [3.8, 4) is 0 Å². The molecule has 27 heavy (non-hydrogen) atoms. The standard InChI is InChI=1S/C22H27NO3S/c1-16-8-7-9-19(14-16)23(4)21(24)22(12-5-6-13-22)27(25,26)20-15-17(2)10-11-18(20)3/h7-11,14-15H,5-6,12-13H2,1-4H3. The molecule has 2 aromatic rings. The smallest absolute Gasteiger partial charge is 0.248 e. The maximum atomic E-state index is 13.7. The summed E-state index contributed by atoms with van der Waals surface area (Å²) in [6.07, 6.45) is 2.24. The monoisotopic (exact) mass is 385 g/mol. The molecule has 0 bridgehead atoms. The fourth-order valence-electron chi connectivity index (χ4n) is 4.01. The highest BCUT2D eigenvalue weighted by Crippen LogP contribution is 2.43. The zero-order chi connectivity index (χ0) is 19.8. The Kier molecular flexibility index (Phi) is 5.17. The number of carbonyl (C=O) groups is 1. The lowest BCUT2D eigenvalue weighted by molar-refractivity contribution is -0.120. The van der Waals surface area contributed by atoms with Crippen LogP contribution in [0.2, 0.25) is 0 Å². The number of amides is 1. The maximum absolute atomic E-state index is 13.7. The lowest BCUT2D eigenvalue weighted by Gasteiger charge is -2.32. The predicted octanol–water partition coefficient (Wildman–Crippen LogP) is 4.36. The van der Waals surface area contributed by atoms with Gasteiger partial charge < -0.3 is 4.90 Å². The van der Waals surface area contributed by atoms with E-state index < -0.39 is 14.6 Å². The van der Waals surface area contributed by atoms with Crippen LogP contribution in [0.5, 0.6) is 0 Å². The second-order valence-electron chi connectivity index (χ2n) is 7.68. The Bertz CT molecular complexity index is 973. The van der Waals surface area contributed by atoms with Gasteiger partial charge in [-0.05, 0) is 68.5 Å². The van der Waals surface area contributed by atoms with E-state index in [1.807, 2.05) is 50.2 Å². The number of sulfone groups is 1. The molecule has 2 aromatic carbocycles. The van der Waals surface area contributed by atoms with Gasteiger partial charge >= 0.3 is 0 Å². The van der Waals surface area contributed by atoms with Crippen LogP contribution in [-0.2, 0) is 14.6 Å². The first-order chi connectivity index (χ1) is 12.7. The van der Waals surface area contributed by atoms with Gasteiger partial charge in [-0.3, -0.25) is 4.79 Å². The molecule has 1 aliphatic rings. The van der Waals surface area contributed by atoms with Crippen molar-refractivity contribution in [2.24, 2.45) is 0 Å². The zero-order valence-corrected chi connectivity index (χ0v) is 17.3. The summed E-state index contributed by atoms with van der Waals surface area (Å²) < 4.78 is 26.1. The van der Waals surface area contributed by atoms with Gasteiger partial charge in [-0.2, -0.15) is 0 Å². The molecular weight excluding hydrogens is 358 g/mol. The fourth-order valence-corrected chi connectivity index (χ4v) is 6.46. The Balaban J connectivity index is 2.10. The summed E-state index contributed by atoms with van der Waals surface area (Å²) in [5.74, 6) is -0.327. The first-order valence-corrected chi connectivity index (χ1v) is 10.8. The van der Waals surface area contributed by atoms with Gasteiger partial charge in [0, 0.05) is 12.7 Å². The molecule has 3 rings (SSSR count). The molecule has 0 aromatic heterocycles. The number of nitrogens with zero attached hydrogens (tertiary/aromatic N) is 1. The van der Waals surface area contributed by atoms with Crippen LogP contribution >= 0.6 is 0 Å². The summed E-state index contributed by atoms with van der Waals surface area (Å²) in [5.41, 5.74) is 3.33. The van der Waals surface area contributed by atoms with Crippen molar-refractivity contribution >= 4 is 21.4 Å². The van der Waals surface area contributed by atoms with Crippen LogP contribution in [0.3, 0.4) is 0 Å². The number of hydrogen-bond acceptors (Lipinski definition) is 3. The second-order valence-corrected chi connectivity index (χ2v) is 9.91. The quantitative estimate of drug-likeness (QED) is 0.786. The molecule has 144 valence electrons. The van der Waals surface area contributed by atoms with Crippen LogP contribution in [0.1, 0.15) is 42.4 Å². The van der Waals surface area contributed by atoms with E-state index in [9.17, 15) is 13.2 Å². The number of anilines is 1. The van der Waals surface area contributed by atoms with E-state index in [2.05, 4.69) is 0 Å². The van der Waals surface area contributed by atoms with Crippen molar-refractivity contribution in [3.05, 3.63) is 59.2 Å². The maximum Gasteiger partial charge on any atom is 0.248 e. The number of hydrogen-bond donors (Lipinski definition) is 0. The highest BCUT2D eigenvalue weighted by atomic mass is 32.2. The molecule has 0 heterocycles. The molecule has 0 aliphatic heterocycles. The molecule has 1 amide bonds. The van der Waals surface area contributed by atoms with Crippen LogP contribution in [0, 0.1) is 20.8 Å². The van der Waals surface area contributed by atoms with Crippen molar-refractivity contribution in [1.82, 2.24) is 0 Å². The van der Waals surface area contributed by atoms with Crippen molar-refractivity contribution in [2.75, 3.05) is 11.9 Å². The van der Waals surface area contributed by atoms with Crippen molar-refractivity contribution in [2.45, 2.75) is 56.1 Å². The van der Waals surface area contributed by atoms with Gasteiger partial charge in [0.2, 0.25) is 5.91 Å². The van der Waals surface area contributed by atoms with Gasteiger partial charge in [0.1, 0.15) is 0 Å². The molecular formula is C22H27NO3S. The summed E-state index contributed by atoms with van der Waals surface area (Å²) in [6.45, 7) is 5.63. The summed E-state index contributed by atoms with van der Waals surface area (Å²) in [4.78, 5) is 15.3. The van der Waals surface area contributed by atoms with Crippen molar-refractivity contribution < 1.29 is 13.2 Å². The average molecular weight is 386 g/mol. The summed E-state index contributed by atoms with van der Waals surface area (Å²) in [5, 5.41) is 0. The Morgan fingerprint density at radius 2 is 1.59 bits per heavy atom. The van der Waals surface area contributed by atoms with E-state index in [0.717, 1.165) is 29.7 Å². The van der Waals surface area contributed by atoms with Gasteiger partial charge in [-0.25, -0.2) is 8.42 Å². The van der Waals surface area contributed by atoms with Crippen LogP contribution in [0.25, 0.3) is 0 Å². The van der Waals surface area contributed by atoms with Crippen molar-refractivity contribution in [1.29, 1.82) is 0 Å². The number of benzene rings is 2. The van der Waals surface area contributed by atoms with Gasteiger partial charge in [0.25, 0.3) is 0 Å². The summed E-state index contributed by atoms with van der Waals surface area (Å²) >= 11 is 0. The Labute approximate surface area is 162 Å². The molecule has 1 aliphatic carbocycles. The van der Waals surface area contributed by atoms with E-state index in [1.54, 1.807) is 20.0 Å². The molecule has 1 saturated carbocycles. The number of aryl methyl sites for hydroxylation is 3.